The quantitative estimate of drug-likeness (QED) is 0.727. The molecule has 1 fully saturated rings. The molecule has 1 aromatic rings. The molecule has 1 saturated carbocycles. The standard InChI is InChI=1S/C16H23N3O2/c1-11(18-16(21)12-6-2-3-7-12)10-15(20)19-14-9-5-4-8-13(14)17/h4-5,8-9,11-12H,2-3,6-7,10,17H2,1H3,(H,18,21)(H,19,20). The maximum Gasteiger partial charge on any atom is 0.226 e. The minimum absolute atomic E-state index is 0.0759. The minimum Gasteiger partial charge on any atom is -0.397 e. The molecule has 1 aliphatic rings. The molecular formula is C16H23N3O2. The molecule has 2 rings (SSSR count). The number of para-hydroxylation sites is 2. The summed E-state index contributed by atoms with van der Waals surface area (Å²) in [6.07, 6.45) is 4.42. The number of carbonyl (C=O) groups excluding carboxylic acids is 2. The largest absolute Gasteiger partial charge is 0.397 e. The SMILES string of the molecule is CC(CC(=O)Nc1ccccc1N)NC(=O)C1CCCC1. The van der Waals surface area contributed by atoms with E-state index in [0.717, 1.165) is 25.7 Å². The van der Waals surface area contributed by atoms with E-state index >= 15 is 0 Å². The van der Waals surface area contributed by atoms with Gasteiger partial charge in [-0.25, -0.2) is 0 Å². The molecule has 1 unspecified atom stereocenters. The van der Waals surface area contributed by atoms with E-state index in [-0.39, 0.29) is 30.2 Å². The highest BCUT2D eigenvalue weighted by Crippen LogP contribution is 2.24. The zero-order valence-electron chi connectivity index (χ0n) is 12.4. The summed E-state index contributed by atoms with van der Waals surface area (Å²) >= 11 is 0. The monoisotopic (exact) mass is 289 g/mol. The van der Waals surface area contributed by atoms with E-state index in [1.807, 2.05) is 19.1 Å². The van der Waals surface area contributed by atoms with Gasteiger partial charge in [0.05, 0.1) is 11.4 Å². The average Bonchev–Trinajstić information content (AvgIpc) is 2.95. The number of amides is 2. The summed E-state index contributed by atoms with van der Waals surface area (Å²) in [5.41, 5.74) is 6.92. The Bertz CT molecular complexity index is 510. The van der Waals surface area contributed by atoms with Crippen LogP contribution in [0.3, 0.4) is 0 Å². The maximum atomic E-state index is 12.0. The van der Waals surface area contributed by atoms with Crippen LogP contribution in [0.25, 0.3) is 0 Å². The number of nitrogens with two attached hydrogens (primary N) is 1. The predicted molar refractivity (Wildman–Crippen MR) is 83.7 cm³/mol. The van der Waals surface area contributed by atoms with Crippen LogP contribution >= 0.6 is 0 Å². The lowest BCUT2D eigenvalue weighted by Gasteiger charge is -2.17. The molecule has 2 amide bonds. The van der Waals surface area contributed by atoms with E-state index in [1.165, 1.54) is 0 Å². The summed E-state index contributed by atoms with van der Waals surface area (Å²) in [6.45, 7) is 1.85. The molecule has 0 radical (unpaired) electrons. The summed E-state index contributed by atoms with van der Waals surface area (Å²) < 4.78 is 0. The molecule has 0 saturated heterocycles. The van der Waals surface area contributed by atoms with Crippen molar-refractivity contribution in [3.8, 4) is 0 Å². The van der Waals surface area contributed by atoms with Gasteiger partial charge in [-0.2, -0.15) is 0 Å². The summed E-state index contributed by atoms with van der Waals surface area (Å²) in [5.74, 6) is 0.0550. The number of anilines is 2. The van der Waals surface area contributed by atoms with Gasteiger partial charge < -0.3 is 16.4 Å². The molecule has 0 heterocycles. The fourth-order valence-corrected chi connectivity index (χ4v) is 2.69. The minimum atomic E-state index is -0.178. The fourth-order valence-electron chi connectivity index (χ4n) is 2.69. The molecule has 1 aliphatic carbocycles. The van der Waals surface area contributed by atoms with Gasteiger partial charge in [0.15, 0.2) is 0 Å². The number of hydrogen-bond acceptors (Lipinski definition) is 3. The summed E-state index contributed by atoms with van der Waals surface area (Å²) in [7, 11) is 0. The van der Waals surface area contributed by atoms with Crippen LogP contribution in [-0.2, 0) is 9.59 Å². The summed E-state index contributed by atoms with van der Waals surface area (Å²) in [5, 5.41) is 5.69. The van der Waals surface area contributed by atoms with Crippen molar-refractivity contribution in [2.75, 3.05) is 11.1 Å². The average molecular weight is 289 g/mol. The molecule has 0 aliphatic heterocycles. The van der Waals surface area contributed by atoms with Crippen molar-refractivity contribution >= 4 is 23.2 Å². The van der Waals surface area contributed by atoms with E-state index in [9.17, 15) is 9.59 Å². The molecule has 0 spiro atoms. The van der Waals surface area contributed by atoms with E-state index < -0.39 is 0 Å². The maximum absolute atomic E-state index is 12.0. The molecule has 4 N–H and O–H groups in total. The van der Waals surface area contributed by atoms with Crippen LogP contribution in [0, 0.1) is 5.92 Å². The van der Waals surface area contributed by atoms with Gasteiger partial charge in [-0.1, -0.05) is 25.0 Å². The molecule has 5 nitrogen and oxygen atoms in total. The number of nitrogen functional groups attached to an aromatic ring is 1. The van der Waals surface area contributed by atoms with Crippen molar-refractivity contribution < 1.29 is 9.59 Å². The Morgan fingerprint density at radius 1 is 1.29 bits per heavy atom. The Morgan fingerprint density at radius 2 is 1.95 bits per heavy atom. The van der Waals surface area contributed by atoms with Crippen molar-refractivity contribution in [2.45, 2.75) is 45.1 Å². The van der Waals surface area contributed by atoms with Crippen LogP contribution in [-0.4, -0.2) is 17.9 Å². The first-order chi connectivity index (χ1) is 10.1. The van der Waals surface area contributed by atoms with Crippen molar-refractivity contribution in [2.24, 2.45) is 5.92 Å². The zero-order valence-corrected chi connectivity index (χ0v) is 12.4. The molecular weight excluding hydrogens is 266 g/mol. The zero-order chi connectivity index (χ0) is 15.2. The Kier molecular flexibility index (Phi) is 5.20. The Labute approximate surface area is 125 Å². The third-order valence-electron chi connectivity index (χ3n) is 3.84. The molecule has 1 atom stereocenters. The van der Waals surface area contributed by atoms with Crippen molar-refractivity contribution in [3.05, 3.63) is 24.3 Å². The van der Waals surface area contributed by atoms with Crippen molar-refractivity contribution in [1.29, 1.82) is 0 Å². The van der Waals surface area contributed by atoms with Crippen LogP contribution in [0.2, 0.25) is 0 Å². The van der Waals surface area contributed by atoms with Gasteiger partial charge in [-0.15, -0.1) is 0 Å². The normalized spacial score (nSPS) is 16.4. The Hall–Kier alpha value is -2.04. The molecule has 114 valence electrons. The van der Waals surface area contributed by atoms with Crippen LogP contribution in [0.5, 0.6) is 0 Å². The second-order valence-electron chi connectivity index (χ2n) is 5.73. The lowest BCUT2D eigenvalue weighted by Crippen LogP contribution is -2.38. The third kappa shape index (κ3) is 4.48. The van der Waals surface area contributed by atoms with Gasteiger partial charge in [0, 0.05) is 18.4 Å². The fraction of sp³-hybridized carbons (Fsp3) is 0.500. The molecule has 5 heteroatoms. The molecule has 0 bridgehead atoms. The van der Waals surface area contributed by atoms with E-state index in [1.54, 1.807) is 12.1 Å². The second kappa shape index (κ2) is 7.11. The van der Waals surface area contributed by atoms with E-state index in [0.29, 0.717) is 11.4 Å². The van der Waals surface area contributed by atoms with E-state index in [4.69, 9.17) is 5.73 Å². The first-order valence-electron chi connectivity index (χ1n) is 7.51. The third-order valence-corrected chi connectivity index (χ3v) is 3.84. The highest BCUT2D eigenvalue weighted by molar-refractivity contribution is 5.94. The van der Waals surface area contributed by atoms with E-state index in [2.05, 4.69) is 10.6 Å². The van der Waals surface area contributed by atoms with Crippen LogP contribution in [0.4, 0.5) is 11.4 Å². The Morgan fingerprint density at radius 3 is 2.62 bits per heavy atom. The van der Waals surface area contributed by atoms with Gasteiger partial charge in [-0.05, 0) is 31.9 Å². The van der Waals surface area contributed by atoms with Gasteiger partial charge in [-0.3, -0.25) is 9.59 Å². The van der Waals surface area contributed by atoms with Crippen LogP contribution < -0.4 is 16.4 Å². The van der Waals surface area contributed by atoms with Crippen LogP contribution in [0.15, 0.2) is 24.3 Å². The number of carbonyl (C=O) groups is 2. The smallest absolute Gasteiger partial charge is 0.226 e. The topological polar surface area (TPSA) is 84.2 Å². The number of benzene rings is 1. The highest BCUT2D eigenvalue weighted by atomic mass is 16.2. The second-order valence-corrected chi connectivity index (χ2v) is 5.73. The molecule has 0 aromatic heterocycles. The van der Waals surface area contributed by atoms with Gasteiger partial charge in [0.25, 0.3) is 0 Å². The van der Waals surface area contributed by atoms with Gasteiger partial charge in [0.1, 0.15) is 0 Å². The number of nitrogens with one attached hydrogen (secondary N) is 2. The highest BCUT2D eigenvalue weighted by Gasteiger charge is 2.24. The molecule has 21 heavy (non-hydrogen) atoms. The lowest BCUT2D eigenvalue weighted by molar-refractivity contribution is -0.125. The van der Waals surface area contributed by atoms with Gasteiger partial charge in [0.2, 0.25) is 11.8 Å². The summed E-state index contributed by atoms with van der Waals surface area (Å²) in [6, 6.07) is 6.95. The first kappa shape index (κ1) is 15.4. The van der Waals surface area contributed by atoms with Crippen molar-refractivity contribution in [1.82, 2.24) is 5.32 Å². The van der Waals surface area contributed by atoms with Gasteiger partial charge >= 0.3 is 0 Å². The lowest BCUT2D eigenvalue weighted by atomic mass is 10.1. The summed E-state index contributed by atoms with van der Waals surface area (Å²) in [4.78, 5) is 23.9. The number of hydrogen-bond donors (Lipinski definition) is 3. The van der Waals surface area contributed by atoms with Crippen LogP contribution in [0.1, 0.15) is 39.0 Å². The number of rotatable bonds is 5. The predicted octanol–water partition coefficient (Wildman–Crippen LogP) is 2.29. The first-order valence-corrected chi connectivity index (χ1v) is 7.51. The Balaban J connectivity index is 1.79. The molecule has 1 aromatic carbocycles. The van der Waals surface area contributed by atoms with Crippen molar-refractivity contribution in [3.63, 3.8) is 0 Å².